The van der Waals surface area contributed by atoms with Crippen LogP contribution in [0.1, 0.15) is 6.92 Å². The topological polar surface area (TPSA) is 63.6 Å². The summed E-state index contributed by atoms with van der Waals surface area (Å²) < 4.78 is 4.80. The maximum atomic E-state index is 11.2. The van der Waals surface area contributed by atoms with Crippen molar-refractivity contribution in [1.82, 2.24) is 0 Å². The zero-order valence-electron chi connectivity index (χ0n) is 8.10. The van der Waals surface area contributed by atoms with E-state index in [2.05, 4.69) is 12.6 Å². The summed E-state index contributed by atoms with van der Waals surface area (Å²) >= 11 is 5.25. The van der Waals surface area contributed by atoms with Crippen LogP contribution in [0, 0.1) is 5.92 Å². The van der Waals surface area contributed by atoms with Crippen LogP contribution in [-0.2, 0) is 14.3 Å². The summed E-state index contributed by atoms with van der Waals surface area (Å²) in [6.07, 6.45) is 0.700. The van der Waals surface area contributed by atoms with Crippen LogP contribution in [0.3, 0.4) is 0 Å². The third kappa shape index (κ3) is 7.52. The average molecular weight is 262 g/mol. The fraction of sp³-hybridized carbons (Fsp3) is 0.750. The van der Waals surface area contributed by atoms with Gasteiger partial charge in [-0.3, -0.25) is 4.79 Å². The van der Waals surface area contributed by atoms with Crippen LogP contribution in [0.4, 0.5) is 0 Å². The van der Waals surface area contributed by atoms with Crippen molar-refractivity contribution in [2.45, 2.75) is 13.0 Å². The van der Waals surface area contributed by atoms with Gasteiger partial charge in [-0.2, -0.15) is 24.4 Å². The number of ether oxygens (including phenoxy) is 1. The third-order valence-corrected chi connectivity index (χ3v) is 2.71. The molecule has 15 heavy (non-hydrogen) atoms. The maximum absolute atomic E-state index is 11.2. The first-order chi connectivity index (χ1) is 6.52. The molecule has 0 aromatic carbocycles. The number of carboxylic acids is 1. The van der Waals surface area contributed by atoms with E-state index >= 15 is 0 Å². The molecule has 0 aliphatic carbocycles. The molecule has 0 spiro atoms. The second-order valence-corrected chi connectivity index (χ2v) is 4.08. The van der Waals surface area contributed by atoms with Crippen LogP contribution in [-0.4, -0.2) is 70.5 Å². The zero-order valence-corrected chi connectivity index (χ0v) is 9.81. The number of rotatable bonds is 6. The first kappa shape index (κ1) is 18.0. The van der Waals surface area contributed by atoms with Crippen LogP contribution >= 0.6 is 24.4 Å². The summed E-state index contributed by atoms with van der Waals surface area (Å²) in [5, 5.41) is 8.70. The molecule has 84 valence electrons. The Morgan fingerprint density at radius 2 is 2.07 bits per heavy atom. The molecule has 0 saturated heterocycles. The summed E-state index contributed by atoms with van der Waals surface area (Å²) in [6.45, 7) is 1.65. The van der Waals surface area contributed by atoms with Gasteiger partial charge in [-0.25, -0.2) is 4.79 Å². The summed E-state index contributed by atoms with van der Waals surface area (Å²) in [5.41, 5.74) is 0. The zero-order chi connectivity index (χ0) is 11.1. The van der Waals surface area contributed by atoms with Gasteiger partial charge in [-0.1, -0.05) is 6.92 Å². The Morgan fingerprint density at radius 3 is 2.40 bits per heavy atom. The Balaban J connectivity index is 0. The summed E-state index contributed by atoms with van der Waals surface area (Å²) in [4.78, 5) is 21.8. The Kier molecular flexibility index (Phi) is 11.8. The minimum absolute atomic E-state index is 0. The van der Waals surface area contributed by atoms with Crippen molar-refractivity contribution < 1.29 is 19.4 Å². The minimum atomic E-state index is -1.11. The van der Waals surface area contributed by atoms with Gasteiger partial charge in [-0.15, -0.1) is 0 Å². The van der Waals surface area contributed by atoms with E-state index in [9.17, 15) is 9.59 Å². The molecule has 0 aromatic heterocycles. The predicted octanol–water partition coefficient (Wildman–Crippen LogP) is 0.263. The monoisotopic (exact) mass is 262 g/mol. The van der Waals surface area contributed by atoms with Crippen LogP contribution in [0.15, 0.2) is 0 Å². The molecule has 1 unspecified atom stereocenters. The normalized spacial score (nSPS) is 13.5. The molecule has 1 N–H and O–H groups in total. The molecule has 0 radical (unpaired) electrons. The number of carbonyl (C=O) groups is 2. The van der Waals surface area contributed by atoms with E-state index < -0.39 is 18.0 Å². The first-order valence-electron chi connectivity index (χ1n) is 4.06. The quantitative estimate of drug-likeness (QED) is 0.408. The number of thioether (sulfide) groups is 1. The number of hydrogen-bond acceptors (Lipinski definition) is 5. The average Bonchev–Trinajstić information content (AvgIpc) is 2.15. The van der Waals surface area contributed by atoms with Gasteiger partial charge in [0, 0.05) is 11.5 Å². The molecule has 7 heteroatoms. The predicted molar refractivity (Wildman–Crippen MR) is 66.1 cm³/mol. The van der Waals surface area contributed by atoms with Crippen molar-refractivity contribution in [1.29, 1.82) is 0 Å². The SMILES string of the molecule is CSCC(OC(=O)[C@@H](C)CS)C(=O)O.[NaH]. The second kappa shape index (κ2) is 9.84. The van der Waals surface area contributed by atoms with Crippen LogP contribution in [0.2, 0.25) is 0 Å². The molecule has 0 bridgehead atoms. The van der Waals surface area contributed by atoms with Crippen molar-refractivity contribution in [3.05, 3.63) is 0 Å². The van der Waals surface area contributed by atoms with Crippen LogP contribution in [0.5, 0.6) is 0 Å². The van der Waals surface area contributed by atoms with Gasteiger partial charge in [0.05, 0.1) is 5.92 Å². The molecule has 0 aromatic rings. The van der Waals surface area contributed by atoms with Crippen molar-refractivity contribution in [3.8, 4) is 0 Å². The summed E-state index contributed by atoms with van der Waals surface area (Å²) in [7, 11) is 0. The van der Waals surface area contributed by atoms with Crippen LogP contribution < -0.4 is 0 Å². The van der Waals surface area contributed by atoms with Gasteiger partial charge < -0.3 is 9.84 Å². The molecule has 0 rings (SSSR count). The molecule has 2 atom stereocenters. The number of thiol groups is 1. The van der Waals surface area contributed by atoms with Crippen molar-refractivity contribution in [3.63, 3.8) is 0 Å². The molecule has 4 nitrogen and oxygen atoms in total. The van der Waals surface area contributed by atoms with Gasteiger partial charge in [0.2, 0.25) is 6.10 Å². The van der Waals surface area contributed by atoms with E-state index in [4.69, 9.17) is 9.84 Å². The Labute approximate surface area is 121 Å². The van der Waals surface area contributed by atoms with Crippen molar-refractivity contribution in [2.75, 3.05) is 17.8 Å². The summed E-state index contributed by atoms with van der Waals surface area (Å²) in [5.74, 6) is -1.38. The van der Waals surface area contributed by atoms with Crippen molar-refractivity contribution in [2.24, 2.45) is 5.92 Å². The number of esters is 1. The van der Waals surface area contributed by atoms with E-state index in [1.54, 1.807) is 13.2 Å². The molecular weight excluding hydrogens is 247 g/mol. The van der Waals surface area contributed by atoms with Gasteiger partial charge in [0.1, 0.15) is 0 Å². The van der Waals surface area contributed by atoms with E-state index in [1.165, 1.54) is 11.8 Å². The Hall–Kier alpha value is 0.640. The summed E-state index contributed by atoms with van der Waals surface area (Å²) in [6, 6.07) is 0. The molecule has 0 aliphatic rings. The number of carbonyl (C=O) groups excluding carboxylic acids is 1. The van der Waals surface area contributed by atoms with Crippen molar-refractivity contribution >= 4 is 65.9 Å². The number of carboxylic acid groups (broad SMARTS) is 1. The first-order valence-corrected chi connectivity index (χ1v) is 6.08. The standard InChI is InChI=1S/C8H14O4S2.Na.H/c1-5(3-13)8(11)12-6(4-14-2)7(9)10;;/h5-6,13H,3-4H2,1-2H3,(H,9,10);;/t5-,6?;;/m0../s1. The van der Waals surface area contributed by atoms with Crippen LogP contribution in [0.25, 0.3) is 0 Å². The van der Waals surface area contributed by atoms with E-state index in [-0.39, 0.29) is 41.2 Å². The number of hydrogen-bond donors (Lipinski definition) is 2. The fourth-order valence-corrected chi connectivity index (χ4v) is 1.30. The Bertz CT molecular complexity index is 213. The van der Waals surface area contributed by atoms with Gasteiger partial charge in [-0.05, 0) is 6.26 Å². The van der Waals surface area contributed by atoms with Gasteiger partial charge in [0.15, 0.2) is 0 Å². The van der Waals surface area contributed by atoms with E-state index in [0.29, 0.717) is 5.75 Å². The molecule has 0 aliphatic heterocycles. The fourth-order valence-electron chi connectivity index (χ4n) is 0.638. The van der Waals surface area contributed by atoms with Gasteiger partial charge in [0.25, 0.3) is 0 Å². The second-order valence-electron chi connectivity index (χ2n) is 2.80. The molecule has 0 heterocycles. The number of aliphatic carboxylic acids is 1. The third-order valence-electron chi connectivity index (χ3n) is 1.53. The molecule has 0 amide bonds. The molecular formula is C8H15NaO4S2. The van der Waals surface area contributed by atoms with Gasteiger partial charge >= 0.3 is 41.5 Å². The molecule has 0 fully saturated rings. The van der Waals surface area contributed by atoms with E-state index in [0.717, 1.165) is 0 Å². The van der Waals surface area contributed by atoms with E-state index in [1.807, 2.05) is 0 Å². The molecule has 0 saturated carbocycles. The Morgan fingerprint density at radius 1 is 1.53 bits per heavy atom.